The Morgan fingerprint density at radius 1 is 1.47 bits per heavy atom. The monoisotopic (exact) mass is 274 g/mol. The number of benzene rings is 1. The van der Waals surface area contributed by atoms with Crippen molar-refractivity contribution in [3.05, 3.63) is 35.9 Å². The van der Waals surface area contributed by atoms with Gasteiger partial charge < -0.3 is 4.90 Å². The zero-order valence-corrected chi connectivity index (χ0v) is 11.9. The van der Waals surface area contributed by atoms with Crippen molar-refractivity contribution in [2.75, 3.05) is 6.54 Å². The summed E-state index contributed by atoms with van der Waals surface area (Å²) in [5.74, 6) is 0.934. The molecule has 0 aromatic heterocycles. The maximum Gasteiger partial charge on any atom is 0.236 e. The molecule has 100 valence electrons. The van der Waals surface area contributed by atoms with Crippen molar-refractivity contribution in [3.8, 4) is 6.07 Å². The van der Waals surface area contributed by atoms with Crippen LogP contribution in [0.2, 0.25) is 0 Å². The maximum atomic E-state index is 12.3. The summed E-state index contributed by atoms with van der Waals surface area (Å²) in [6.45, 7) is 2.16. The Labute approximate surface area is 118 Å². The van der Waals surface area contributed by atoms with Gasteiger partial charge in [0.15, 0.2) is 0 Å². The van der Waals surface area contributed by atoms with Gasteiger partial charge in [-0.3, -0.25) is 4.79 Å². The van der Waals surface area contributed by atoms with Gasteiger partial charge in [0.25, 0.3) is 0 Å². The van der Waals surface area contributed by atoms with Crippen LogP contribution in [0.3, 0.4) is 0 Å². The van der Waals surface area contributed by atoms with E-state index in [1.807, 2.05) is 25.1 Å². The Morgan fingerprint density at radius 2 is 2.16 bits per heavy atom. The van der Waals surface area contributed by atoms with Crippen molar-refractivity contribution in [2.24, 2.45) is 0 Å². The lowest BCUT2D eigenvalue weighted by Gasteiger charge is -2.22. The van der Waals surface area contributed by atoms with Crippen molar-refractivity contribution in [1.82, 2.24) is 4.90 Å². The van der Waals surface area contributed by atoms with Crippen LogP contribution in [0.5, 0.6) is 0 Å². The molecule has 0 bridgehead atoms. The molecule has 0 N–H and O–H groups in total. The van der Waals surface area contributed by atoms with Gasteiger partial charge in [0, 0.05) is 11.8 Å². The second-order valence-electron chi connectivity index (χ2n) is 4.79. The highest BCUT2D eigenvalue weighted by Crippen LogP contribution is 2.29. The zero-order chi connectivity index (χ0) is 13.7. The molecule has 0 aliphatic heterocycles. The van der Waals surface area contributed by atoms with Gasteiger partial charge in [-0.1, -0.05) is 30.3 Å². The van der Waals surface area contributed by atoms with E-state index in [0.717, 1.165) is 18.6 Å². The lowest BCUT2D eigenvalue weighted by Crippen LogP contribution is -2.38. The highest BCUT2D eigenvalue weighted by Gasteiger charge is 2.34. The molecule has 4 heteroatoms. The van der Waals surface area contributed by atoms with Gasteiger partial charge in [0.1, 0.15) is 6.54 Å². The smallest absolute Gasteiger partial charge is 0.236 e. The van der Waals surface area contributed by atoms with Crippen LogP contribution < -0.4 is 0 Å². The number of nitrogens with zero attached hydrogens (tertiary/aromatic N) is 2. The number of carbonyl (C=O) groups is 1. The Hall–Kier alpha value is -1.47. The Kier molecular flexibility index (Phi) is 4.86. The predicted octanol–water partition coefficient (Wildman–Crippen LogP) is 2.82. The Bertz CT molecular complexity index is 465. The third kappa shape index (κ3) is 4.00. The summed E-state index contributed by atoms with van der Waals surface area (Å²) < 4.78 is 0. The molecule has 0 saturated heterocycles. The van der Waals surface area contributed by atoms with Crippen molar-refractivity contribution < 1.29 is 4.79 Å². The van der Waals surface area contributed by atoms with Gasteiger partial charge in [0.05, 0.1) is 11.3 Å². The fourth-order valence-electron chi connectivity index (χ4n) is 1.95. The van der Waals surface area contributed by atoms with E-state index in [1.165, 1.54) is 5.56 Å². The Balaban J connectivity index is 1.86. The zero-order valence-electron chi connectivity index (χ0n) is 11.1. The lowest BCUT2D eigenvalue weighted by atomic mass is 10.2. The molecule has 1 aliphatic rings. The number of rotatable bonds is 6. The van der Waals surface area contributed by atoms with Crippen LogP contribution >= 0.6 is 11.8 Å². The first-order chi connectivity index (χ1) is 9.22. The highest BCUT2D eigenvalue weighted by molar-refractivity contribution is 7.99. The van der Waals surface area contributed by atoms with Crippen LogP contribution in [-0.4, -0.2) is 28.6 Å². The number of hydrogen-bond donors (Lipinski definition) is 0. The molecule has 0 radical (unpaired) electrons. The Morgan fingerprint density at radius 3 is 2.74 bits per heavy atom. The SMILES string of the molecule is C[C@H](SCc1ccccc1)C(=O)N(CC#N)C1CC1. The van der Waals surface area contributed by atoms with Crippen LogP contribution in [0.1, 0.15) is 25.3 Å². The molecular formula is C15H18N2OS. The number of nitriles is 1. The number of amides is 1. The van der Waals surface area contributed by atoms with Crippen molar-refractivity contribution >= 4 is 17.7 Å². The molecular weight excluding hydrogens is 256 g/mol. The minimum Gasteiger partial charge on any atom is -0.325 e. The van der Waals surface area contributed by atoms with Crippen LogP contribution in [0.15, 0.2) is 30.3 Å². The first-order valence-corrected chi connectivity index (χ1v) is 7.60. The average Bonchev–Trinajstić information content (AvgIpc) is 3.27. The molecule has 1 aliphatic carbocycles. The van der Waals surface area contributed by atoms with Gasteiger partial charge in [-0.05, 0) is 25.3 Å². The summed E-state index contributed by atoms with van der Waals surface area (Å²) >= 11 is 1.64. The van der Waals surface area contributed by atoms with Gasteiger partial charge in [-0.15, -0.1) is 11.8 Å². The van der Waals surface area contributed by atoms with Crippen LogP contribution in [0.25, 0.3) is 0 Å². The third-order valence-corrected chi connectivity index (χ3v) is 4.40. The number of hydrogen-bond acceptors (Lipinski definition) is 3. The van der Waals surface area contributed by atoms with E-state index < -0.39 is 0 Å². The van der Waals surface area contributed by atoms with Gasteiger partial charge in [-0.2, -0.15) is 5.26 Å². The fraction of sp³-hybridized carbons (Fsp3) is 0.467. The minimum atomic E-state index is -0.0887. The van der Waals surface area contributed by atoms with Gasteiger partial charge in [0.2, 0.25) is 5.91 Å². The van der Waals surface area contributed by atoms with Crippen LogP contribution in [0.4, 0.5) is 0 Å². The van der Waals surface area contributed by atoms with Crippen molar-refractivity contribution in [1.29, 1.82) is 5.26 Å². The van der Waals surface area contributed by atoms with Crippen LogP contribution in [0, 0.1) is 11.3 Å². The normalized spacial score (nSPS) is 15.6. The molecule has 19 heavy (non-hydrogen) atoms. The van der Waals surface area contributed by atoms with Gasteiger partial charge in [-0.25, -0.2) is 0 Å². The molecule has 3 nitrogen and oxygen atoms in total. The molecule has 0 unspecified atom stereocenters. The minimum absolute atomic E-state index is 0.0887. The van der Waals surface area contributed by atoms with Crippen molar-refractivity contribution in [3.63, 3.8) is 0 Å². The average molecular weight is 274 g/mol. The molecule has 1 fully saturated rings. The van der Waals surface area contributed by atoms with E-state index >= 15 is 0 Å². The molecule has 1 atom stereocenters. The molecule has 1 aromatic rings. The van der Waals surface area contributed by atoms with E-state index in [4.69, 9.17) is 5.26 Å². The highest BCUT2D eigenvalue weighted by atomic mass is 32.2. The largest absolute Gasteiger partial charge is 0.325 e. The predicted molar refractivity (Wildman–Crippen MR) is 77.5 cm³/mol. The van der Waals surface area contributed by atoms with Crippen LogP contribution in [-0.2, 0) is 10.5 Å². The summed E-state index contributed by atoms with van der Waals surface area (Å²) in [5.41, 5.74) is 1.23. The van der Waals surface area contributed by atoms with Gasteiger partial charge >= 0.3 is 0 Å². The molecule has 1 amide bonds. The van der Waals surface area contributed by atoms with Crippen molar-refractivity contribution in [2.45, 2.75) is 36.8 Å². The lowest BCUT2D eigenvalue weighted by molar-refractivity contribution is -0.130. The summed E-state index contributed by atoms with van der Waals surface area (Å²) in [6, 6.07) is 12.5. The fourth-order valence-corrected chi connectivity index (χ4v) is 2.86. The summed E-state index contributed by atoms with van der Waals surface area (Å²) in [6.07, 6.45) is 2.09. The number of thioether (sulfide) groups is 1. The molecule has 0 spiro atoms. The summed E-state index contributed by atoms with van der Waals surface area (Å²) in [7, 11) is 0. The maximum absolute atomic E-state index is 12.3. The first-order valence-electron chi connectivity index (χ1n) is 6.55. The molecule has 0 heterocycles. The van der Waals surface area contributed by atoms with E-state index in [0.29, 0.717) is 6.04 Å². The first kappa shape index (κ1) is 14.0. The topological polar surface area (TPSA) is 44.1 Å². The van der Waals surface area contributed by atoms with E-state index in [1.54, 1.807) is 16.7 Å². The van der Waals surface area contributed by atoms with E-state index in [-0.39, 0.29) is 17.7 Å². The second kappa shape index (κ2) is 6.63. The second-order valence-corrected chi connectivity index (χ2v) is 6.12. The third-order valence-electron chi connectivity index (χ3n) is 3.20. The summed E-state index contributed by atoms with van der Waals surface area (Å²) in [5, 5.41) is 8.71. The molecule has 2 rings (SSSR count). The standard InChI is InChI=1S/C15H18N2OS/c1-12(19-11-13-5-3-2-4-6-13)15(18)17(10-9-16)14-7-8-14/h2-6,12,14H,7-8,10-11H2,1H3/t12-/m0/s1. The summed E-state index contributed by atoms with van der Waals surface area (Å²) in [4.78, 5) is 14.0. The number of carbonyl (C=O) groups excluding carboxylic acids is 1. The van der Waals surface area contributed by atoms with E-state index in [2.05, 4.69) is 18.2 Å². The molecule has 1 saturated carbocycles. The molecule has 1 aromatic carbocycles. The quantitative estimate of drug-likeness (QED) is 0.749. The van der Waals surface area contributed by atoms with E-state index in [9.17, 15) is 4.79 Å².